The largest absolute Gasteiger partial charge is 0.380 e. The van der Waals surface area contributed by atoms with Gasteiger partial charge in [-0.3, -0.25) is 0 Å². The maximum atomic E-state index is 8.75. The van der Waals surface area contributed by atoms with Crippen LogP contribution in [0, 0.1) is 11.3 Å². The minimum atomic E-state index is 0.345. The fourth-order valence-corrected chi connectivity index (χ4v) is 2.56. The van der Waals surface area contributed by atoms with Gasteiger partial charge < -0.3 is 10.1 Å². The number of methoxy groups -OCH3 is 1. The molecule has 0 bridgehead atoms. The summed E-state index contributed by atoms with van der Waals surface area (Å²) in [4.78, 5) is 0. The van der Waals surface area contributed by atoms with Gasteiger partial charge in [0.05, 0.1) is 17.7 Å². The molecule has 1 fully saturated rings. The Hall–Kier alpha value is -1.37. The molecule has 96 valence electrons. The second-order valence-electron chi connectivity index (χ2n) is 4.85. The Morgan fingerprint density at radius 1 is 1.28 bits per heavy atom. The number of ether oxygens (including phenoxy) is 1. The summed E-state index contributed by atoms with van der Waals surface area (Å²) in [5, 5.41) is 12.3. The zero-order valence-corrected chi connectivity index (χ0v) is 10.9. The summed E-state index contributed by atoms with van der Waals surface area (Å²) < 4.78 is 5.52. The van der Waals surface area contributed by atoms with Crippen molar-refractivity contribution < 1.29 is 4.74 Å². The van der Waals surface area contributed by atoms with Gasteiger partial charge in [-0.1, -0.05) is 25.0 Å². The highest BCUT2D eigenvalue weighted by Gasteiger charge is 2.23. The minimum absolute atomic E-state index is 0.345. The summed E-state index contributed by atoms with van der Waals surface area (Å²) in [7, 11) is 1.80. The van der Waals surface area contributed by atoms with Crippen LogP contribution in [-0.2, 0) is 11.3 Å². The number of nitrogens with one attached hydrogen (secondary N) is 1. The van der Waals surface area contributed by atoms with E-state index in [0.717, 1.165) is 13.0 Å². The van der Waals surface area contributed by atoms with Crippen molar-refractivity contribution in [2.75, 3.05) is 7.11 Å². The number of nitrogens with zero attached hydrogens (tertiary/aromatic N) is 1. The molecular weight excluding hydrogens is 224 g/mol. The van der Waals surface area contributed by atoms with Crippen LogP contribution in [0.25, 0.3) is 0 Å². The first kappa shape index (κ1) is 13.1. The number of nitriles is 1. The third kappa shape index (κ3) is 3.32. The average Bonchev–Trinajstić information content (AvgIpc) is 2.46. The molecule has 2 atom stereocenters. The van der Waals surface area contributed by atoms with Gasteiger partial charge in [-0.15, -0.1) is 0 Å². The lowest BCUT2D eigenvalue weighted by Crippen LogP contribution is -2.42. The molecule has 1 aliphatic carbocycles. The van der Waals surface area contributed by atoms with Crippen LogP contribution in [0.3, 0.4) is 0 Å². The van der Waals surface area contributed by atoms with Gasteiger partial charge in [0.1, 0.15) is 0 Å². The summed E-state index contributed by atoms with van der Waals surface area (Å²) in [6, 6.07) is 10.3. The van der Waals surface area contributed by atoms with E-state index in [0.29, 0.717) is 17.7 Å². The normalized spacial score (nSPS) is 23.6. The van der Waals surface area contributed by atoms with E-state index in [1.54, 1.807) is 7.11 Å². The van der Waals surface area contributed by atoms with E-state index in [4.69, 9.17) is 10.00 Å². The van der Waals surface area contributed by atoms with Crippen LogP contribution in [0.2, 0.25) is 0 Å². The Balaban J connectivity index is 1.87. The van der Waals surface area contributed by atoms with Gasteiger partial charge in [0.2, 0.25) is 0 Å². The first-order chi connectivity index (χ1) is 8.83. The zero-order chi connectivity index (χ0) is 12.8. The quantitative estimate of drug-likeness (QED) is 0.885. The molecular formula is C15H20N2O. The van der Waals surface area contributed by atoms with Crippen LogP contribution in [0.4, 0.5) is 0 Å². The summed E-state index contributed by atoms with van der Waals surface area (Å²) in [5.74, 6) is 0. The predicted molar refractivity (Wildman–Crippen MR) is 71.0 cm³/mol. The molecule has 0 radical (unpaired) electrons. The highest BCUT2D eigenvalue weighted by atomic mass is 16.5. The van der Waals surface area contributed by atoms with Crippen molar-refractivity contribution in [1.82, 2.24) is 5.32 Å². The SMILES string of the molecule is COC1CCCCC1NCc1ccc(C#N)cc1. The number of rotatable bonds is 4. The van der Waals surface area contributed by atoms with Gasteiger partial charge in [0.25, 0.3) is 0 Å². The molecule has 0 spiro atoms. The first-order valence-electron chi connectivity index (χ1n) is 6.58. The van der Waals surface area contributed by atoms with E-state index in [2.05, 4.69) is 11.4 Å². The van der Waals surface area contributed by atoms with Crippen molar-refractivity contribution in [3.8, 4) is 6.07 Å². The van der Waals surface area contributed by atoms with Gasteiger partial charge in [0.15, 0.2) is 0 Å². The average molecular weight is 244 g/mol. The van der Waals surface area contributed by atoms with E-state index in [1.165, 1.54) is 24.8 Å². The maximum absolute atomic E-state index is 8.75. The van der Waals surface area contributed by atoms with Gasteiger partial charge in [-0.25, -0.2) is 0 Å². The summed E-state index contributed by atoms with van der Waals surface area (Å²) >= 11 is 0. The maximum Gasteiger partial charge on any atom is 0.0991 e. The van der Waals surface area contributed by atoms with Crippen molar-refractivity contribution in [1.29, 1.82) is 5.26 Å². The molecule has 0 heterocycles. The van der Waals surface area contributed by atoms with Crippen molar-refractivity contribution in [3.63, 3.8) is 0 Å². The molecule has 0 amide bonds. The number of hydrogen-bond acceptors (Lipinski definition) is 3. The molecule has 3 nitrogen and oxygen atoms in total. The van der Waals surface area contributed by atoms with E-state index in [-0.39, 0.29) is 0 Å². The Morgan fingerprint density at radius 2 is 2.00 bits per heavy atom. The van der Waals surface area contributed by atoms with Crippen LogP contribution in [0.5, 0.6) is 0 Å². The van der Waals surface area contributed by atoms with E-state index < -0.39 is 0 Å². The standard InChI is InChI=1S/C15H20N2O/c1-18-15-5-3-2-4-14(15)17-11-13-8-6-12(10-16)7-9-13/h6-9,14-15,17H,2-5,11H2,1H3. The van der Waals surface area contributed by atoms with Crippen LogP contribution in [0.15, 0.2) is 24.3 Å². The lowest BCUT2D eigenvalue weighted by molar-refractivity contribution is 0.0413. The molecule has 1 aromatic rings. The number of hydrogen-bond donors (Lipinski definition) is 1. The minimum Gasteiger partial charge on any atom is -0.380 e. The Kier molecular flexibility index (Phi) is 4.74. The fraction of sp³-hybridized carbons (Fsp3) is 0.533. The summed E-state index contributed by atoms with van der Waals surface area (Å²) in [6.45, 7) is 0.843. The molecule has 1 aromatic carbocycles. The van der Waals surface area contributed by atoms with Gasteiger partial charge in [0, 0.05) is 19.7 Å². The lowest BCUT2D eigenvalue weighted by Gasteiger charge is -2.31. The Bertz CT molecular complexity index is 407. The van der Waals surface area contributed by atoms with Crippen molar-refractivity contribution >= 4 is 0 Å². The highest BCUT2D eigenvalue weighted by Crippen LogP contribution is 2.21. The van der Waals surface area contributed by atoms with E-state index >= 15 is 0 Å². The smallest absolute Gasteiger partial charge is 0.0991 e. The predicted octanol–water partition coefficient (Wildman–Crippen LogP) is 2.61. The molecule has 0 aromatic heterocycles. The highest BCUT2D eigenvalue weighted by molar-refractivity contribution is 5.31. The third-order valence-electron chi connectivity index (χ3n) is 3.66. The van der Waals surface area contributed by atoms with Gasteiger partial charge in [-0.2, -0.15) is 5.26 Å². The van der Waals surface area contributed by atoms with E-state index in [9.17, 15) is 0 Å². The first-order valence-corrected chi connectivity index (χ1v) is 6.58. The molecule has 1 saturated carbocycles. The molecule has 3 heteroatoms. The Morgan fingerprint density at radius 3 is 2.67 bits per heavy atom. The molecule has 2 rings (SSSR count). The van der Waals surface area contributed by atoms with Crippen LogP contribution >= 0.6 is 0 Å². The lowest BCUT2D eigenvalue weighted by atomic mass is 9.92. The van der Waals surface area contributed by atoms with Crippen LogP contribution < -0.4 is 5.32 Å². The van der Waals surface area contributed by atoms with Crippen LogP contribution in [0.1, 0.15) is 36.8 Å². The zero-order valence-electron chi connectivity index (χ0n) is 10.9. The van der Waals surface area contributed by atoms with Crippen molar-refractivity contribution in [3.05, 3.63) is 35.4 Å². The second kappa shape index (κ2) is 6.53. The van der Waals surface area contributed by atoms with Crippen LogP contribution in [-0.4, -0.2) is 19.3 Å². The molecule has 0 aliphatic heterocycles. The second-order valence-corrected chi connectivity index (χ2v) is 4.85. The van der Waals surface area contributed by atoms with Gasteiger partial charge >= 0.3 is 0 Å². The van der Waals surface area contributed by atoms with Crippen molar-refractivity contribution in [2.45, 2.75) is 44.4 Å². The molecule has 2 unspecified atom stereocenters. The molecule has 0 saturated heterocycles. The Labute approximate surface area is 109 Å². The van der Waals surface area contributed by atoms with Gasteiger partial charge in [-0.05, 0) is 30.5 Å². The van der Waals surface area contributed by atoms with Crippen molar-refractivity contribution in [2.24, 2.45) is 0 Å². The van der Waals surface area contributed by atoms with E-state index in [1.807, 2.05) is 24.3 Å². The summed E-state index contributed by atoms with van der Waals surface area (Å²) in [5.41, 5.74) is 1.93. The topological polar surface area (TPSA) is 45.0 Å². The number of benzene rings is 1. The third-order valence-corrected chi connectivity index (χ3v) is 3.66. The monoisotopic (exact) mass is 244 g/mol. The molecule has 1 N–H and O–H groups in total. The summed E-state index contributed by atoms with van der Waals surface area (Å²) in [6.07, 6.45) is 5.24. The molecule has 1 aliphatic rings. The molecule has 18 heavy (non-hydrogen) atoms. The fourth-order valence-electron chi connectivity index (χ4n) is 2.56.